The summed E-state index contributed by atoms with van der Waals surface area (Å²) < 4.78 is 23.3. The fraction of sp³-hybridized carbons (Fsp3) is 0.917. The number of carboxylic acids is 1. The summed E-state index contributed by atoms with van der Waals surface area (Å²) in [6.45, 7) is 8.48. The maximum atomic E-state index is 11.7. The monoisotopic (exact) mass is 279 g/mol. The Kier molecular flexibility index (Phi) is 6.84. The average molecular weight is 279 g/mol. The summed E-state index contributed by atoms with van der Waals surface area (Å²) in [6, 6.07) is 0. The summed E-state index contributed by atoms with van der Waals surface area (Å²) in [5.41, 5.74) is -0.225. The molecule has 0 spiro atoms. The molecule has 18 heavy (non-hydrogen) atoms. The normalized spacial score (nSPS) is 12.9. The van der Waals surface area contributed by atoms with Crippen LogP contribution >= 0.6 is 0 Å². The lowest BCUT2D eigenvalue weighted by molar-refractivity contribution is -0.137. The number of nitrogens with zero attached hydrogens (tertiary/aromatic N) is 1. The van der Waals surface area contributed by atoms with Crippen molar-refractivity contribution < 1.29 is 18.3 Å². The van der Waals surface area contributed by atoms with Crippen LogP contribution in [0.5, 0.6) is 0 Å². The minimum atomic E-state index is -3.01. The Labute approximate surface area is 110 Å². The van der Waals surface area contributed by atoms with Crippen LogP contribution < -0.4 is 0 Å². The third-order valence-electron chi connectivity index (χ3n) is 2.73. The van der Waals surface area contributed by atoms with E-state index in [0.717, 1.165) is 0 Å². The fourth-order valence-electron chi connectivity index (χ4n) is 1.68. The predicted molar refractivity (Wildman–Crippen MR) is 72.5 cm³/mol. The van der Waals surface area contributed by atoms with Crippen LogP contribution in [0.25, 0.3) is 0 Å². The van der Waals surface area contributed by atoms with Crippen LogP contribution in [0, 0.1) is 0 Å². The van der Waals surface area contributed by atoms with Gasteiger partial charge in [-0.15, -0.1) is 0 Å². The highest BCUT2D eigenvalue weighted by molar-refractivity contribution is 7.91. The number of rotatable bonds is 8. The molecule has 0 radical (unpaired) electrons. The smallest absolute Gasteiger partial charge is 0.304 e. The molecule has 0 bridgehead atoms. The van der Waals surface area contributed by atoms with E-state index in [4.69, 9.17) is 5.11 Å². The van der Waals surface area contributed by atoms with Gasteiger partial charge in [0.2, 0.25) is 0 Å². The van der Waals surface area contributed by atoms with E-state index >= 15 is 0 Å². The molecule has 0 atom stereocenters. The molecule has 0 unspecified atom stereocenters. The van der Waals surface area contributed by atoms with Gasteiger partial charge in [0.05, 0.1) is 12.2 Å². The van der Waals surface area contributed by atoms with Crippen LogP contribution in [0.15, 0.2) is 0 Å². The number of carbonyl (C=O) groups is 1. The minimum absolute atomic E-state index is 0.0328. The third-order valence-corrected chi connectivity index (χ3v) is 4.57. The van der Waals surface area contributed by atoms with Gasteiger partial charge in [0.15, 0.2) is 9.84 Å². The van der Waals surface area contributed by atoms with Crippen LogP contribution in [-0.2, 0) is 14.6 Å². The summed E-state index contributed by atoms with van der Waals surface area (Å²) in [5.74, 6) is -0.567. The summed E-state index contributed by atoms with van der Waals surface area (Å²) in [7, 11) is -3.01. The van der Waals surface area contributed by atoms with Crippen LogP contribution in [0.3, 0.4) is 0 Å². The molecule has 0 amide bonds. The molecule has 0 aliphatic heterocycles. The van der Waals surface area contributed by atoms with E-state index in [1.807, 2.05) is 32.6 Å². The average Bonchev–Trinajstić information content (AvgIpc) is 2.14. The molecule has 0 aliphatic rings. The maximum absolute atomic E-state index is 11.7. The lowest BCUT2D eigenvalue weighted by Gasteiger charge is -2.35. The van der Waals surface area contributed by atoms with Crippen molar-refractivity contribution in [1.82, 2.24) is 4.90 Å². The van der Waals surface area contributed by atoms with Gasteiger partial charge in [-0.1, -0.05) is 6.92 Å². The Bertz CT molecular complexity index is 357. The number of hydrogen-bond acceptors (Lipinski definition) is 4. The molecule has 0 saturated carbocycles. The number of sulfone groups is 1. The van der Waals surface area contributed by atoms with E-state index < -0.39 is 15.8 Å². The second-order valence-corrected chi connectivity index (χ2v) is 7.76. The molecule has 6 heteroatoms. The van der Waals surface area contributed by atoms with E-state index in [2.05, 4.69) is 0 Å². The van der Waals surface area contributed by atoms with Crippen molar-refractivity contribution in [1.29, 1.82) is 0 Å². The van der Waals surface area contributed by atoms with E-state index in [1.165, 1.54) is 0 Å². The van der Waals surface area contributed by atoms with E-state index in [0.29, 0.717) is 19.5 Å². The SMILES string of the molecule is CCCS(=O)(=O)CCN(CCC(=O)O)C(C)(C)C. The molecule has 0 saturated heterocycles. The van der Waals surface area contributed by atoms with Crippen LogP contribution in [-0.4, -0.2) is 54.5 Å². The standard InChI is InChI=1S/C12H25NO4S/c1-5-9-18(16,17)10-8-13(12(2,3)4)7-6-11(14)15/h5-10H2,1-4H3,(H,14,15). The highest BCUT2D eigenvalue weighted by Gasteiger charge is 2.23. The number of aliphatic carboxylic acids is 1. The van der Waals surface area contributed by atoms with Crippen molar-refractivity contribution in [2.75, 3.05) is 24.6 Å². The Morgan fingerprint density at radius 1 is 1.17 bits per heavy atom. The van der Waals surface area contributed by atoms with Crippen LogP contribution in [0.2, 0.25) is 0 Å². The van der Waals surface area contributed by atoms with Crippen molar-refractivity contribution in [3.63, 3.8) is 0 Å². The topological polar surface area (TPSA) is 74.7 Å². The minimum Gasteiger partial charge on any atom is -0.481 e. The lowest BCUT2D eigenvalue weighted by atomic mass is 10.1. The third kappa shape index (κ3) is 7.66. The fourth-order valence-corrected chi connectivity index (χ4v) is 3.00. The van der Waals surface area contributed by atoms with Gasteiger partial charge < -0.3 is 5.11 Å². The molecule has 0 aromatic heterocycles. The zero-order valence-corrected chi connectivity index (χ0v) is 12.6. The summed E-state index contributed by atoms with van der Waals surface area (Å²) >= 11 is 0. The molecular weight excluding hydrogens is 254 g/mol. The number of carboxylic acid groups (broad SMARTS) is 1. The van der Waals surface area contributed by atoms with Crippen LogP contribution in [0.4, 0.5) is 0 Å². The van der Waals surface area contributed by atoms with Crippen molar-refractivity contribution in [3.8, 4) is 0 Å². The Balaban J connectivity index is 4.48. The van der Waals surface area contributed by atoms with Crippen molar-refractivity contribution in [2.45, 2.75) is 46.1 Å². The maximum Gasteiger partial charge on any atom is 0.304 e. The molecule has 108 valence electrons. The van der Waals surface area contributed by atoms with E-state index in [9.17, 15) is 13.2 Å². The quantitative estimate of drug-likeness (QED) is 0.726. The molecular formula is C12H25NO4S. The van der Waals surface area contributed by atoms with Crippen molar-refractivity contribution >= 4 is 15.8 Å². The predicted octanol–water partition coefficient (Wildman–Crippen LogP) is 1.39. The van der Waals surface area contributed by atoms with E-state index in [-0.39, 0.29) is 23.5 Å². The molecule has 0 aromatic carbocycles. The zero-order valence-electron chi connectivity index (χ0n) is 11.8. The summed E-state index contributed by atoms with van der Waals surface area (Å²) in [6.07, 6.45) is 0.651. The van der Waals surface area contributed by atoms with E-state index in [1.54, 1.807) is 0 Å². The molecule has 0 aromatic rings. The van der Waals surface area contributed by atoms with Crippen molar-refractivity contribution in [2.24, 2.45) is 0 Å². The lowest BCUT2D eigenvalue weighted by Crippen LogP contribution is -2.45. The van der Waals surface area contributed by atoms with Gasteiger partial charge in [0, 0.05) is 24.4 Å². The highest BCUT2D eigenvalue weighted by Crippen LogP contribution is 2.14. The summed E-state index contributed by atoms with van der Waals surface area (Å²) in [5, 5.41) is 8.70. The van der Waals surface area contributed by atoms with Gasteiger partial charge in [-0.3, -0.25) is 9.69 Å². The largest absolute Gasteiger partial charge is 0.481 e. The van der Waals surface area contributed by atoms with Gasteiger partial charge in [-0.2, -0.15) is 0 Å². The van der Waals surface area contributed by atoms with Gasteiger partial charge >= 0.3 is 5.97 Å². The Hall–Kier alpha value is -0.620. The molecule has 0 heterocycles. The molecule has 0 rings (SSSR count). The molecule has 0 aliphatic carbocycles. The zero-order chi connectivity index (χ0) is 14.4. The molecule has 5 nitrogen and oxygen atoms in total. The van der Waals surface area contributed by atoms with Gasteiger partial charge in [-0.05, 0) is 27.2 Å². The second kappa shape index (κ2) is 7.09. The second-order valence-electron chi connectivity index (χ2n) is 5.45. The molecule has 1 N–H and O–H groups in total. The van der Waals surface area contributed by atoms with Crippen LogP contribution in [0.1, 0.15) is 40.5 Å². The van der Waals surface area contributed by atoms with Gasteiger partial charge in [-0.25, -0.2) is 8.42 Å². The first-order valence-electron chi connectivity index (χ1n) is 6.26. The first-order chi connectivity index (χ1) is 8.08. The summed E-state index contributed by atoms with van der Waals surface area (Å²) in [4.78, 5) is 12.5. The first-order valence-corrected chi connectivity index (χ1v) is 8.08. The first kappa shape index (κ1) is 17.4. The Morgan fingerprint density at radius 2 is 1.72 bits per heavy atom. The highest BCUT2D eigenvalue weighted by atomic mass is 32.2. The molecule has 0 fully saturated rings. The van der Waals surface area contributed by atoms with Crippen molar-refractivity contribution in [3.05, 3.63) is 0 Å². The number of hydrogen-bond donors (Lipinski definition) is 1. The Morgan fingerprint density at radius 3 is 2.11 bits per heavy atom. The van der Waals surface area contributed by atoms with Gasteiger partial charge in [0.1, 0.15) is 0 Å². The van der Waals surface area contributed by atoms with Gasteiger partial charge in [0.25, 0.3) is 0 Å².